The Labute approximate surface area is 94.3 Å². The highest BCUT2D eigenvalue weighted by atomic mass is 19.4. The summed E-state index contributed by atoms with van der Waals surface area (Å²) in [6.45, 7) is 0. The van der Waals surface area contributed by atoms with Gasteiger partial charge in [-0.1, -0.05) is 0 Å². The zero-order chi connectivity index (χ0) is 13.1. The molecular weight excluding hydrogens is 241 g/mol. The van der Waals surface area contributed by atoms with E-state index in [9.17, 15) is 13.2 Å². The Morgan fingerprint density at radius 1 is 1.29 bits per heavy atom. The van der Waals surface area contributed by atoms with Crippen LogP contribution in [0.5, 0.6) is 17.4 Å². The minimum absolute atomic E-state index is 0.145. The molecule has 0 saturated heterocycles. The van der Waals surface area contributed by atoms with Crippen molar-refractivity contribution in [3.63, 3.8) is 0 Å². The standard InChI is InChI=1S/C9H7F3N2O3/c1-15-6-3-5(4-13)14-8(16-2)7(6)17-9(10,11)12/h3H,1-2H3. The molecule has 0 fully saturated rings. The highest BCUT2D eigenvalue weighted by Gasteiger charge is 2.35. The maximum atomic E-state index is 12.1. The van der Waals surface area contributed by atoms with Gasteiger partial charge in [-0.05, 0) is 0 Å². The van der Waals surface area contributed by atoms with Crippen LogP contribution in [-0.4, -0.2) is 25.6 Å². The molecule has 8 heteroatoms. The number of nitrogens with zero attached hydrogens (tertiary/aromatic N) is 2. The van der Waals surface area contributed by atoms with Gasteiger partial charge >= 0.3 is 6.36 Å². The predicted molar refractivity (Wildman–Crippen MR) is 48.7 cm³/mol. The number of nitriles is 1. The summed E-state index contributed by atoms with van der Waals surface area (Å²) in [4.78, 5) is 3.51. The Kier molecular flexibility index (Phi) is 3.62. The first kappa shape index (κ1) is 12.9. The molecule has 1 heterocycles. The lowest BCUT2D eigenvalue weighted by Crippen LogP contribution is -2.18. The van der Waals surface area contributed by atoms with Crippen molar-refractivity contribution < 1.29 is 27.4 Å². The number of hydrogen-bond donors (Lipinski definition) is 0. The Morgan fingerprint density at radius 2 is 1.94 bits per heavy atom. The van der Waals surface area contributed by atoms with Gasteiger partial charge in [0, 0.05) is 6.07 Å². The molecule has 0 aromatic carbocycles. The fourth-order valence-corrected chi connectivity index (χ4v) is 1.04. The second-order valence-electron chi connectivity index (χ2n) is 2.71. The number of alkyl halides is 3. The average Bonchev–Trinajstić information content (AvgIpc) is 2.27. The fourth-order valence-electron chi connectivity index (χ4n) is 1.04. The molecule has 0 radical (unpaired) electrons. The summed E-state index contributed by atoms with van der Waals surface area (Å²) in [6, 6.07) is 2.68. The number of halogens is 3. The van der Waals surface area contributed by atoms with Crippen LogP contribution >= 0.6 is 0 Å². The van der Waals surface area contributed by atoms with Crippen molar-refractivity contribution in [2.24, 2.45) is 0 Å². The first-order valence-electron chi connectivity index (χ1n) is 4.20. The maximum Gasteiger partial charge on any atom is 0.573 e. The molecule has 0 aliphatic heterocycles. The topological polar surface area (TPSA) is 64.4 Å². The molecule has 0 atom stereocenters. The van der Waals surface area contributed by atoms with E-state index >= 15 is 0 Å². The molecular formula is C9H7F3N2O3. The Hall–Kier alpha value is -2.17. The molecule has 0 N–H and O–H groups in total. The molecule has 17 heavy (non-hydrogen) atoms. The minimum Gasteiger partial charge on any atom is -0.493 e. The fraction of sp³-hybridized carbons (Fsp3) is 0.333. The van der Waals surface area contributed by atoms with E-state index in [1.54, 1.807) is 6.07 Å². The minimum atomic E-state index is -4.91. The van der Waals surface area contributed by atoms with E-state index in [2.05, 4.69) is 19.2 Å². The van der Waals surface area contributed by atoms with E-state index < -0.39 is 18.0 Å². The Morgan fingerprint density at radius 3 is 2.35 bits per heavy atom. The Bertz CT molecular complexity index is 429. The van der Waals surface area contributed by atoms with Crippen LogP contribution < -0.4 is 14.2 Å². The summed E-state index contributed by atoms with van der Waals surface area (Å²) in [7, 11) is 2.24. The van der Waals surface area contributed by atoms with Gasteiger partial charge in [-0.3, -0.25) is 0 Å². The molecule has 0 spiro atoms. The molecule has 0 saturated carbocycles. The van der Waals surface area contributed by atoms with Gasteiger partial charge < -0.3 is 14.2 Å². The SMILES string of the molecule is COc1cc(C#N)nc(OC)c1OC(F)(F)F. The zero-order valence-electron chi connectivity index (χ0n) is 8.83. The smallest absolute Gasteiger partial charge is 0.493 e. The van der Waals surface area contributed by atoms with Gasteiger partial charge in [0.25, 0.3) is 5.88 Å². The van der Waals surface area contributed by atoms with Crippen molar-refractivity contribution in [2.45, 2.75) is 6.36 Å². The number of pyridine rings is 1. The van der Waals surface area contributed by atoms with Gasteiger partial charge in [0.05, 0.1) is 14.2 Å². The average molecular weight is 248 g/mol. The molecule has 0 amide bonds. The molecule has 1 rings (SSSR count). The van der Waals surface area contributed by atoms with Crippen LogP contribution in [0.3, 0.4) is 0 Å². The summed E-state index contributed by atoms with van der Waals surface area (Å²) in [6.07, 6.45) is -4.91. The summed E-state index contributed by atoms with van der Waals surface area (Å²) in [5.41, 5.74) is -0.145. The molecule has 0 aliphatic rings. The second-order valence-corrected chi connectivity index (χ2v) is 2.71. The van der Waals surface area contributed by atoms with Crippen LogP contribution in [0.1, 0.15) is 5.69 Å². The molecule has 1 aromatic heterocycles. The highest BCUT2D eigenvalue weighted by molar-refractivity contribution is 5.50. The zero-order valence-corrected chi connectivity index (χ0v) is 8.83. The summed E-state index contributed by atoms with van der Waals surface area (Å²) < 4.78 is 49.4. The largest absolute Gasteiger partial charge is 0.573 e. The van der Waals surface area contributed by atoms with Crippen molar-refractivity contribution in [1.29, 1.82) is 5.26 Å². The number of hydrogen-bond acceptors (Lipinski definition) is 5. The van der Waals surface area contributed by atoms with E-state index in [-0.39, 0.29) is 11.4 Å². The Balaban J connectivity index is 3.31. The molecule has 92 valence electrons. The van der Waals surface area contributed by atoms with E-state index in [4.69, 9.17) is 5.26 Å². The predicted octanol–water partition coefficient (Wildman–Crippen LogP) is 1.87. The molecule has 0 aliphatic carbocycles. The van der Waals surface area contributed by atoms with E-state index in [1.807, 2.05) is 0 Å². The first-order valence-corrected chi connectivity index (χ1v) is 4.20. The molecule has 0 bridgehead atoms. The van der Waals surface area contributed by atoms with Crippen LogP contribution in [0.2, 0.25) is 0 Å². The van der Waals surface area contributed by atoms with Crippen LogP contribution in [0, 0.1) is 11.3 Å². The monoisotopic (exact) mass is 248 g/mol. The quantitative estimate of drug-likeness (QED) is 0.816. The van der Waals surface area contributed by atoms with Crippen molar-refractivity contribution >= 4 is 0 Å². The number of aromatic nitrogens is 1. The highest BCUT2D eigenvalue weighted by Crippen LogP contribution is 2.39. The normalized spacial score (nSPS) is 10.6. The molecule has 1 aromatic rings. The third-order valence-corrected chi connectivity index (χ3v) is 1.65. The van der Waals surface area contributed by atoms with Crippen LogP contribution in [0.4, 0.5) is 13.2 Å². The van der Waals surface area contributed by atoms with Crippen LogP contribution in [-0.2, 0) is 0 Å². The number of rotatable bonds is 3. The first-order chi connectivity index (χ1) is 7.91. The van der Waals surface area contributed by atoms with Gasteiger partial charge in [-0.2, -0.15) is 10.2 Å². The summed E-state index contributed by atoms with van der Waals surface area (Å²) in [5.74, 6) is -1.48. The second kappa shape index (κ2) is 4.78. The van der Waals surface area contributed by atoms with Crippen molar-refractivity contribution in [3.05, 3.63) is 11.8 Å². The van der Waals surface area contributed by atoms with Gasteiger partial charge in [-0.15, -0.1) is 13.2 Å². The lowest BCUT2D eigenvalue weighted by atomic mass is 10.3. The van der Waals surface area contributed by atoms with E-state index in [0.717, 1.165) is 20.3 Å². The lowest BCUT2D eigenvalue weighted by Gasteiger charge is -2.14. The third kappa shape index (κ3) is 3.14. The van der Waals surface area contributed by atoms with Crippen LogP contribution in [0.15, 0.2) is 6.07 Å². The maximum absolute atomic E-state index is 12.1. The van der Waals surface area contributed by atoms with E-state index in [1.165, 1.54) is 0 Å². The molecule has 0 unspecified atom stereocenters. The number of methoxy groups -OCH3 is 2. The van der Waals surface area contributed by atoms with Gasteiger partial charge in [0.2, 0.25) is 5.75 Å². The van der Waals surface area contributed by atoms with Gasteiger partial charge in [0.1, 0.15) is 11.8 Å². The van der Waals surface area contributed by atoms with Crippen molar-refractivity contribution in [1.82, 2.24) is 4.98 Å². The number of ether oxygens (including phenoxy) is 3. The third-order valence-electron chi connectivity index (χ3n) is 1.65. The summed E-state index contributed by atoms with van der Waals surface area (Å²) >= 11 is 0. The van der Waals surface area contributed by atoms with Gasteiger partial charge in [-0.25, -0.2) is 0 Å². The lowest BCUT2D eigenvalue weighted by molar-refractivity contribution is -0.275. The van der Waals surface area contributed by atoms with Crippen LogP contribution in [0.25, 0.3) is 0 Å². The van der Waals surface area contributed by atoms with Gasteiger partial charge in [0.15, 0.2) is 5.75 Å². The van der Waals surface area contributed by atoms with E-state index in [0.29, 0.717) is 0 Å². The summed E-state index contributed by atoms with van der Waals surface area (Å²) in [5, 5.41) is 8.61. The molecule has 5 nitrogen and oxygen atoms in total. The van der Waals surface area contributed by atoms with Crippen molar-refractivity contribution in [3.8, 4) is 23.4 Å². The van der Waals surface area contributed by atoms with Crippen molar-refractivity contribution in [2.75, 3.05) is 14.2 Å².